The zero-order chi connectivity index (χ0) is 58.1. The Morgan fingerprint density at radius 2 is 0.927 bits per heavy atom. The molecule has 0 amide bonds. The van der Waals surface area contributed by atoms with Crippen molar-refractivity contribution in [3.8, 4) is 22.9 Å². The van der Waals surface area contributed by atoms with E-state index in [1.807, 2.05) is 12.3 Å². The van der Waals surface area contributed by atoms with Crippen molar-refractivity contribution in [2.45, 2.75) is 136 Å². The van der Waals surface area contributed by atoms with Gasteiger partial charge in [0.25, 0.3) is 0 Å². The van der Waals surface area contributed by atoms with Crippen LogP contribution in [0.1, 0.15) is 154 Å². The molecule has 0 radical (unpaired) electrons. The topological polar surface area (TPSA) is 38.5 Å². The zero-order valence-corrected chi connectivity index (χ0v) is 52.6. The van der Waals surface area contributed by atoms with E-state index in [2.05, 4.69) is 324 Å². The van der Waals surface area contributed by atoms with Gasteiger partial charge in [-0.1, -0.05) is 123 Å². The van der Waals surface area contributed by atoms with Gasteiger partial charge in [-0.05, 0) is 63.3 Å². The number of imidazole rings is 1. The molecule has 0 bridgehead atoms. The molecule has 7 heteroatoms. The van der Waals surface area contributed by atoms with Crippen LogP contribution in [0.5, 0.6) is 11.5 Å². The van der Waals surface area contributed by atoms with E-state index in [-0.39, 0.29) is 27.1 Å². The number of nitrogens with zero attached hydrogens (tertiary/aromatic N) is 5. The van der Waals surface area contributed by atoms with Crippen LogP contribution in [0.2, 0.25) is 0 Å². The molecule has 1 spiro atoms. The summed E-state index contributed by atoms with van der Waals surface area (Å²) in [6.07, 6.45) is 1.96. The van der Waals surface area contributed by atoms with Crippen molar-refractivity contribution < 1.29 is 24.1 Å². The molecule has 2 aliphatic heterocycles. The predicted octanol–water partition coefficient (Wildman–Crippen LogP) is 19.7. The van der Waals surface area contributed by atoms with E-state index in [0.717, 1.165) is 66.0 Å². The van der Waals surface area contributed by atoms with Crippen LogP contribution in [-0.4, -0.2) is 14.1 Å². The van der Waals surface area contributed by atoms with Crippen molar-refractivity contribution in [1.82, 2.24) is 14.1 Å². The second kappa shape index (κ2) is 19.6. The van der Waals surface area contributed by atoms with Crippen molar-refractivity contribution in [3.05, 3.63) is 248 Å². The average Bonchev–Trinajstić information content (AvgIpc) is 0.846. The summed E-state index contributed by atoms with van der Waals surface area (Å²) in [6.45, 7) is 34.5. The van der Waals surface area contributed by atoms with Crippen LogP contribution in [-0.2, 0) is 51.8 Å². The summed E-state index contributed by atoms with van der Waals surface area (Å²) in [7, 11) is 0. The Morgan fingerprint density at radius 3 is 1.52 bits per heavy atom. The van der Waals surface area contributed by atoms with E-state index in [1.54, 1.807) is 0 Å². The Morgan fingerprint density at radius 1 is 0.402 bits per heavy atom. The Bertz CT molecular complexity index is 4100. The molecule has 6 nitrogen and oxygen atoms in total. The Balaban J connectivity index is 1.09. The van der Waals surface area contributed by atoms with Crippen molar-refractivity contribution in [3.63, 3.8) is 0 Å². The number of hydrogen-bond donors (Lipinski definition) is 0. The molecule has 12 rings (SSSR count). The maximum absolute atomic E-state index is 7.13. The van der Waals surface area contributed by atoms with Gasteiger partial charge >= 0.3 is 286 Å². The quantitative estimate of drug-likeness (QED) is 0.156. The molecular formula is C75H75N5OPt-2. The zero-order valence-electron chi connectivity index (χ0n) is 50.3. The normalized spacial score (nSPS) is 14.2. The van der Waals surface area contributed by atoms with Crippen molar-refractivity contribution in [1.29, 1.82) is 0 Å². The van der Waals surface area contributed by atoms with Gasteiger partial charge in [0.05, 0.1) is 0 Å². The molecule has 0 saturated carbocycles. The molecule has 4 heterocycles. The second-order valence-electron chi connectivity index (χ2n) is 27.6. The molecule has 8 aromatic carbocycles. The first-order valence-corrected chi connectivity index (χ1v) is 30.0. The van der Waals surface area contributed by atoms with Gasteiger partial charge in [0.1, 0.15) is 0 Å². The first-order chi connectivity index (χ1) is 38.7. The van der Waals surface area contributed by atoms with E-state index in [0.29, 0.717) is 11.5 Å². The summed E-state index contributed by atoms with van der Waals surface area (Å²) in [5, 5.41) is 0. The van der Waals surface area contributed by atoms with Gasteiger partial charge in [0, 0.05) is 23.3 Å². The van der Waals surface area contributed by atoms with Crippen LogP contribution in [0.25, 0.3) is 22.4 Å². The fraction of sp³-hybridized carbons (Fsp3) is 0.280. The molecule has 82 heavy (non-hydrogen) atoms. The van der Waals surface area contributed by atoms with E-state index >= 15 is 0 Å². The summed E-state index contributed by atoms with van der Waals surface area (Å²) >= 11 is 2.50. The predicted molar refractivity (Wildman–Crippen MR) is 336 cm³/mol. The molecule has 2 aliphatic rings. The van der Waals surface area contributed by atoms with Crippen LogP contribution in [0.4, 0.5) is 34.3 Å². The Hall–Kier alpha value is -7.53. The molecule has 0 unspecified atom stereocenters. The molecule has 2 aromatic heterocycles. The van der Waals surface area contributed by atoms with Crippen LogP contribution in [0.3, 0.4) is 0 Å². The number of benzene rings is 8. The van der Waals surface area contributed by atoms with Gasteiger partial charge in [-0.2, -0.15) is 0 Å². The van der Waals surface area contributed by atoms with Crippen molar-refractivity contribution in [2.75, 3.05) is 9.80 Å². The number of hydrogen-bond acceptors (Lipinski definition) is 4. The Kier molecular flexibility index (Phi) is 13.1. The van der Waals surface area contributed by atoms with Crippen molar-refractivity contribution in [2.24, 2.45) is 0 Å². The average molecular weight is 1260 g/mol. The number of anilines is 6. The standard InChI is InChI=1S/C75H75N5O.Pt/c1-70(2,3)49-32-36-64-61(43-49)75(62-44-50(71(4,5)6)33-37-65(62)79(64)54-24-17-16-18-25-54)59-28-19-20-29-63(59)80(69-45-51(38-39-76-69)72(7,8)9)68-47-58(34-35-60(68)75)81-57-27-23-26-55(46-57)77-48-78(67-31-22-21-30-66(67)77)56-41-52(73(10,11)12)40-53(42-56)74(13,14)15;/h16-45H,1-15H3;/q-2;. The van der Waals surface area contributed by atoms with E-state index < -0.39 is 5.41 Å². The fourth-order valence-corrected chi connectivity index (χ4v) is 13.3. The summed E-state index contributed by atoms with van der Waals surface area (Å²) in [5.74, 6) is 1.97. The molecule has 0 saturated heterocycles. The van der Waals surface area contributed by atoms with Gasteiger partial charge in [0.2, 0.25) is 0 Å². The number of fused-ring (bicyclic) bond motifs is 9. The summed E-state index contributed by atoms with van der Waals surface area (Å²) in [4.78, 5) is 10.0. The summed E-state index contributed by atoms with van der Waals surface area (Å²) in [6, 6.07) is 72.8. The minimum absolute atomic E-state index is 0.0395. The monoisotopic (exact) mass is 1260 g/mol. The van der Waals surface area contributed by atoms with Crippen molar-refractivity contribution >= 4 is 45.3 Å². The molecule has 0 aliphatic carbocycles. The number of aromatic nitrogens is 3. The Labute approximate surface area is 497 Å². The van der Waals surface area contributed by atoms with Crippen LogP contribution >= 0.6 is 0 Å². The van der Waals surface area contributed by atoms with E-state index in [4.69, 9.17) is 9.72 Å². The van der Waals surface area contributed by atoms with Gasteiger partial charge in [-0.3, -0.25) is 0 Å². The first-order valence-electron chi connectivity index (χ1n) is 28.9. The van der Waals surface area contributed by atoms with Crippen LogP contribution < -0.4 is 14.5 Å². The van der Waals surface area contributed by atoms with E-state index in [1.165, 1.54) is 44.5 Å². The fourth-order valence-electron chi connectivity index (χ4n) is 12.1. The van der Waals surface area contributed by atoms with Gasteiger partial charge < -0.3 is 4.90 Å². The number of para-hydroxylation sites is 4. The molecule has 10 aromatic rings. The van der Waals surface area contributed by atoms with Crippen LogP contribution in [0, 0.1) is 15.9 Å². The third kappa shape index (κ3) is 9.30. The molecule has 0 N–H and O–H groups in total. The summed E-state index contributed by atoms with van der Waals surface area (Å²) < 4.78 is 12.9. The number of ether oxygens (including phenoxy) is 1. The molecular weight excluding hydrogens is 1180 g/mol. The molecule has 0 atom stereocenters. The number of pyridine rings is 1. The van der Waals surface area contributed by atoms with Gasteiger partial charge in [0.15, 0.2) is 0 Å². The molecule has 418 valence electrons. The van der Waals surface area contributed by atoms with Crippen LogP contribution in [0.15, 0.2) is 182 Å². The van der Waals surface area contributed by atoms with Gasteiger partial charge in [-0.25, -0.2) is 0 Å². The summed E-state index contributed by atoms with van der Waals surface area (Å²) in [5.41, 5.74) is 19.2. The second-order valence-corrected chi connectivity index (χ2v) is 28.7. The SMILES string of the molecule is CC(C)(C)c1cc(-n2[c](=[Pt])n(-c3[c-]c(Oc4[c-]c5c(cc4)C4(c6ccccc6N5c5cc(C(C)(C)C)ccn5)c5cc(C(C)(C)C)ccc5N(c5ccccc5)c5ccc(C(C)(C)C)cc54)ccc3)c3ccccc32)cc(C(C)(C)C)c1. The minimum atomic E-state index is -0.828. The third-order valence-electron chi connectivity index (χ3n) is 16.8. The van der Waals surface area contributed by atoms with Gasteiger partial charge in [-0.15, -0.1) is 0 Å². The van der Waals surface area contributed by atoms with E-state index in [9.17, 15) is 0 Å². The number of rotatable bonds is 6. The first kappa shape index (κ1) is 55.0. The third-order valence-corrected chi connectivity index (χ3v) is 17.8. The molecule has 0 fully saturated rings. The maximum atomic E-state index is 7.13.